The molecule has 0 N–H and O–H groups in total. The Balaban J connectivity index is 2.40. The molecule has 1 rings (SSSR count). The quantitative estimate of drug-likeness (QED) is 0.553. The first kappa shape index (κ1) is 8.57. The topological polar surface area (TPSA) is 20.3 Å². The first-order valence-electron chi connectivity index (χ1n) is 4.23. The third-order valence-corrected chi connectivity index (χ3v) is 2.04. The molecule has 1 heterocycles. The molecule has 0 aromatic rings. The van der Waals surface area contributed by atoms with E-state index in [0.717, 1.165) is 13.1 Å². The second-order valence-corrected chi connectivity index (χ2v) is 4.46. The van der Waals surface area contributed by atoms with E-state index in [2.05, 4.69) is 13.8 Å². The molecule has 0 atom stereocenters. The maximum Gasteiger partial charge on any atom is 0.230 e. The van der Waals surface area contributed by atoms with Crippen molar-refractivity contribution in [2.24, 2.45) is 11.3 Å². The number of rotatable bonds is 2. The van der Waals surface area contributed by atoms with Crippen molar-refractivity contribution in [1.82, 2.24) is 4.90 Å². The number of hydrogen-bond donors (Lipinski definition) is 0. The van der Waals surface area contributed by atoms with Crippen LogP contribution in [0.3, 0.4) is 0 Å². The van der Waals surface area contributed by atoms with Crippen molar-refractivity contribution in [3.8, 4) is 0 Å². The average Bonchev–Trinajstić information content (AvgIpc) is 1.85. The van der Waals surface area contributed by atoms with E-state index in [0.29, 0.717) is 11.8 Å². The fourth-order valence-corrected chi connectivity index (χ4v) is 1.54. The van der Waals surface area contributed by atoms with E-state index in [9.17, 15) is 4.79 Å². The van der Waals surface area contributed by atoms with Gasteiger partial charge in [-0.25, -0.2) is 0 Å². The Morgan fingerprint density at radius 1 is 1.55 bits per heavy atom. The molecule has 0 saturated carbocycles. The zero-order valence-electron chi connectivity index (χ0n) is 7.85. The van der Waals surface area contributed by atoms with Crippen LogP contribution in [0.4, 0.5) is 0 Å². The fourth-order valence-electron chi connectivity index (χ4n) is 1.54. The fraction of sp³-hybridized carbons (Fsp3) is 0.889. The van der Waals surface area contributed by atoms with Gasteiger partial charge in [0.2, 0.25) is 5.91 Å². The van der Waals surface area contributed by atoms with Crippen molar-refractivity contribution in [2.45, 2.75) is 27.7 Å². The molecular formula is C9H17NO. The number of carbonyl (C=O) groups is 1. The molecule has 1 saturated heterocycles. The molecule has 2 heteroatoms. The summed E-state index contributed by atoms with van der Waals surface area (Å²) in [5.74, 6) is 0.904. The molecule has 0 radical (unpaired) electrons. The van der Waals surface area contributed by atoms with Crippen LogP contribution in [0.1, 0.15) is 27.7 Å². The first-order chi connectivity index (χ1) is 4.93. The van der Waals surface area contributed by atoms with Crippen LogP contribution in [-0.2, 0) is 4.79 Å². The lowest BCUT2D eigenvalue weighted by atomic mass is 9.82. The number of amides is 1. The van der Waals surface area contributed by atoms with Crippen LogP contribution in [0.25, 0.3) is 0 Å². The van der Waals surface area contributed by atoms with Crippen LogP contribution < -0.4 is 0 Å². The van der Waals surface area contributed by atoms with Crippen molar-refractivity contribution >= 4 is 5.91 Å². The lowest BCUT2D eigenvalue weighted by molar-refractivity contribution is -0.157. The third kappa shape index (κ3) is 1.55. The van der Waals surface area contributed by atoms with Gasteiger partial charge in [-0.05, 0) is 19.8 Å². The molecule has 64 valence electrons. The van der Waals surface area contributed by atoms with Gasteiger partial charge in [0.05, 0.1) is 5.41 Å². The number of likely N-dealkylation sites (tertiary alicyclic amines) is 1. The van der Waals surface area contributed by atoms with Gasteiger partial charge in [-0.3, -0.25) is 4.79 Å². The lowest BCUT2D eigenvalue weighted by Crippen LogP contribution is -2.59. The Bertz CT molecular complexity index is 170. The minimum absolute atomic E-state index is 0.0745. The van der Waals surface area contributed by atoms with E-state index < -0.39 is 0 Å². The summed E-state index contributed by atoms with van der Waals surface area (Å²) in [6.45, 7) is 10.1. The highest BCUT2D eigenvalue weighted by atomic mass is 16.2. The zero-order chi connectivity index (χ0) is 8.65. The maximum absolute atomic E-state index is 11.3. The van der Waals surface area contributed by atoms with Crippen molar-refractivity contribution in [1.29, 1.82) is 0 Å². The summed E-state index contributed by atoms with van der Waals surface area (Å²) < 4.78 is 0. The molecule has 2 nitrogen and oxygen atoms in total. The minimum atomic E-state index is -0.0745. The largest absolute Gasteiger partial charge is 0.341 e. The molecule has 0 unspecified atom stereocenters. The minimum Gasteiger partial charge on any atom is -0.341 e. The summed E-state index contributed by atoms with van der Waals surface area (Å²) in [4.78, 5) is 13.3. The Morgan fingerprint density at radius 2 is 2.09 bits per heavy atom. The van der Waals surface area contributed by atoms with Gasteiger partial charge in [0.15, 0.2) is 0 Å². The number of β-lactam (4-membered cyclic amide) rings is 1. The summed E-state index contributed by atoms with van der Waals surface area (Å²) in [7, 11) is 0. The second kappa shape index (κ2) is 2.50. The number of carbonyl (C=O) groups excluding carboxylic acids is 1. The molecular weight excluding hydrogens is 138 g/mol. The Morgan fingerprint density at radius 3 is 2.36 bits per heavy atom. The molecule has 0 aromatic carbocycles. The predicted octanol–water partition coefficient (Wildman–Crippen LogP) is 1.51. The molecule has 0 bridgehead atoms. The van der Waals surface area contributed by atoms with E-state index in [4.69, 9.17) is 0 Å². The van der Waals surface area contributed by atoms with Crippen LogP contribution in [0.2, 0.25) is 0 Å². The summed E-state index contributed by atoms with van der Waals surface area (Å²) in [5, 5.41) is 0. The van der Waals surface area contributed by atoms with E-state index in [1.165, 1.54) is 0 Å². The second-order valence-electron chi connectivity index (χ2n) is 4.46. The van der Waals surface area contributed by atoms with Crippen molar-refractivity contribution in [3.63, 3.8) is 0 Å². The number of nitrogens with zero attached hydrogens (tertiary/aromatic N) is 1. The molecule has 1 aliphatic rings. The molecule has 0 aliphatic carbocycles. The van der Waals surface area contributed by atoms with Gasteiger partial charge in [-0.15, -0.1) is 0 Å². The SMILES string of the molecule is CC(C)CN1CC(C)(C)C1=O. The normalized spacial score (nSPS) is 22.3. The van der Waals surface area contributed by atoms with E-state index in [1.807, 2.05) is 18.7 Å². The smallest absolute Gasteiger partial charge is 0.230 e. The van der Waals surface area contributed by atoms with Crippen LogP contribution in [0.15, 0.2) is 0 Å². The van der Waals surface area contributed by atoms with Crippen molar-refractivity contribution < 1.29 is 4.79 Å². The summed E-state index contributed by atoms with van der Waals surface area (Å²) in [6, 6.07) is 0. The van der Waals surface area contributed by atoms with E-state index in [1.54, 1.807) is 0 Å². The standard InChI is InChI=1S/C9H17NO/c1-7(2)5-10-6-9(3,4)8(10)11/h7H,5-6H2,1-4H3. The Labute approximate surface area is 68.6 Å². The maximum atomic E-state index is 11.3. The van der Waals surface area contributed by atoms with Crippen molar-refractivity contribution in [3.05, 3.63) is 0 Å². The zero-order valence-corrected chi connectivity index (χ0v) is 7.85. The van der Waals surface area contributed by atoms with Gasteiger partial charge in [-0.2, -0.15) is 0 Å². The Hall–Kier alpha value is -0.530. The summed E-state index contributed by atoms with van der Waals surface area (Å²) in [5.41, 5.74) is -0.0745. The molecule has 1 aliphatic heterocycles. The molecule has 1 amide bonds. The summed E-state index contributed by atoms with van der Waals surface area (Å²) >= 11 is 0. The van der Waals surface area contributed by atoms with Gasteiger partial charge in [0.1, 0.15) is 0 Å². The van der Waals surface area contributed by atoms with E-state index in [-0.39, 0.29) is 5.41 Å². The molecule has 11 heavy (non-hydrogen) atoms. The first-order valence-corrected chi connectivity index (χ1v) is 4.23. The van der Waals surface area contributed by atoms with Crippen molar-refractivity contribution in [2.75, 3.05) is 13.1 Å². The molecule has 0 aromatic heterocycles. The van der Waals surface area contributed by atoms with Gasteiger partial charge >= 0.3 is 0 Å². The number of hydrogen-bond acceptors (Lipinski definition) is 1. The monoisotopic (exact) mass is 155 g/mol. The van der Waals surface area contributed by atoms with Crippen LogP contribution >= 0.6 is 0 Å². The van der Waals surface area contributed by atoms with Gasteiger partial charge in [0.25, 0.3) is 0 Å². The molecule has 1 fully saturated rings. The van der Waals surface area contributed by atoms with Crippen LogP contribution in [0, 0.1) is 11.3 Å². The highest BCUT2D eigenvalue weighted by Gasteiger charge is 2.43. The highest BCUT2D eigenvalue weighted by molar-refractivity contribution is 5.87. The van der Waals surface area contributed by atoms with Crippen LogP contribution in [0.5, 0.6) is 0 Å². The summed E-state index contributed by atoms with van der Waals surface area (Å²) in [6.07, 6.45) is 0. The lowest BCUT2D eigenvalue weighted by Gasteiger charge is -2.45. The van der Waals surface area contributed by atoms with Gasteiger partial charge in [0, 0.05) is 13.1 Å². The predicted molar refractivity (Wildman–Crippen MR) is 45.2 cm³/mol. The average molecular weight is 155 g/mol. The van der Waals surface area contributed by atoms with Gasteiger partial charge in [-0.1, -0.05) is 13.8 Å². The van der Waals surface area contributed by atoms with E-state index >= 15 is 0 Å². The molecule has 0 spiro atoms. The van der Waals surface area contributed by atoms with Crippen LogP contribution in [-0.4, -0.2) is 23.9 Å². The highest BCUT2D eigenvalue weighted by Crippen LogP contribution is 2.30. The third-order valence-electron chi connectivity index (χ3n) is 2.04. The van der Waals surface area contributed by atoms with Gasteiger partial charge < -0.3 is 4.90 Å². The Kier molecular flexibility index (Phi) is 1.95.